The summed E-state index contributed by atoms with van der Waals surface area (Å²) in [7, 11) is 0. The Labute approximate surface area is 93.1 Å². The van der Waals surface area contributed by atoms with Crippen LogP contribution >= 0.6 is 0 Å². The minimum atomic E-state index is -0.257. The molecule has 0 radical (unpaired) electrons. The molecular formula is C13H22N2. The lowest BCUT2D eigenvalue weighted by Gasteiger charge is -2.31. The maximum absolute atomic E-state index is 6.35. The predicted molar refractivity (Wildman–Crippen MR) is 65.8 cm³/mol. The van der Waals surface area contributed by atoms with E-state index in [1.165, 1.54) is 5.56 Å². The number of hydrogen-bond acceptors (Lipinski definition) is 2. The second kappa shape index (κ2) is 5.29. The van der Waals surface area contributed by atoms with Gasteiger partial charge in [-0.15, -0.1) is 0 Å². The largest absolute Gasteiger partial charge is 0.321 e. The Hall–Kier alpha value is -0.860. The van der Waals surface area contributed by atoms with Gasteiger partial charge in [0.1, 0.15) is 0 Å². The van der Waals surface area contributed by atoms with Crippen molar-refractivity contribution in [3.05, 3.63) is 35.9 Å². The fraction of sp³-hybridized carbons (Fsp3) is 0.538. The maximum Gasteiger partial charge on any atom is 0.0509 e. The summed E-state index contributed by atoms with van der Waals surface area (Å²) < 4.78 is 0. The van der Waals surface area contributed by atoms with E-state index in [2.05, 4.69) is 37.8 Å². The summed E-state index contributed by atoms with van der Waals surface area (Å²) in [5, 5.41) is 0. The summed E-state index contributed by atoms with van der Waals surface area (Å²) in [6, 6.07) is 10.3. The van der Waals surface area contributed by atoms with E-state index in [0.717, 1.165) is 19.6 Å². The number of rotatable bonds is 5. The number of likely N-dealkylation sites (N-methyl/N-ethyl adjacent to an activating group) is 1. The van der Waals surface area contributed by atoms with E-state index in [-0.39, 0.29) is 5.54 Å². The summed E-state index contributed by atoms with van der Waals surface area (Å²) in [4.78, 5) is 2.35. The average molecular weight is 206 g/mol. The smallest absolute Gasteiger partial charge is 0.0509 e. The van der Waals surface area contributed by atoms with E-state index in [1.54, 1.807) is 0 Å². The van der Waals surface area contributed by atoms with Gasteiger partial charge in [-0.25, -0.2) is 0 Å². The van der Waals surface area contributed by atoms with E-state index in [1.807, 2.05) is 18.2 Å². The lowest BCUT2D eigenvalue weighted by atomic mass is 9.92. The molecule has 1 rings (SSSR count). The molecule has 1 atom stereocenters. The van der Waals surface area contributed by atoms with E-state index in [0.29, 0.717) is 0 Å². The molecule has 2 nitrogen and oxygen atoms in total. The molecule has 2 heteroatoms. The van der Waals surface area contributed by atoms with Crippen LogP contribution in [0.2, 0.25) is 0 Å². The maximum atomic E-state index is 6.35. The highest BCUT2D eigenvalue weighted by Crippen LogP contribution is 2.18. The second-order valence-corrected chi connectivity index (χ2v) is 4.24. The van der Waals surface area contributed by atoms with Gasteiger partial charge < -0.3 is 10.6 Å². The van der Waals surface area contributed by atoms with Crippen LogP contribution in [0.15, 0.2) is 30.3 Å². The molecule has 0 saturated carbocycles. The van der Waals surface area contributed by atoms with Crippen molar-refractivity contribution in [2.45, 2.75) is 26.3 Å². The first kappa shape index (κ1) is 12.2. The third kappa shape index (κ3) is 3.33. The van der Waals surface area contributed by atoms with Crippen LogP contribution < -0.4 is 5.73 Å². The molecule has 1 aromatic rings. The van der Waals surface area contributed by atoms with Crippen molar-refractivity contribution in [2.24, 2.45) is 5.73 Å². The van der Waals surface area contributed by atoms with Crippen LogP contribution in [0.25, 0.3) is 0 Å². The van der Waals surface area contributed by atoms with Crippen LogP contribution in [-0.2, 0) is 5.54 Å². The van der Waals surface area contributed by atoms with Gasteiger partial charge >= 0.3 is 0 Å². The Bertz CT molecular complexity index is 276. The summed E-state index contributed by atoms with van der Waals surface area (Å²) in [5.74, 6) is 0. The van der Waals surface area contributed by atoms with Crippen LogP contribution in [0, 0.1) is 0 Å². The topological polar surface area (TPSA) is 29.3 Å². The van der Waals surface area contributed by atoms with Gasteiger partial charge in [-0.3, -0.25) is 0 Å². The van der Waals surface area contributed by atoms with E-state index >= 15 is 0 Å². The van der Waals surface area contributed by atoms with Crippen molar-refractivity contribution < 1.29 is 0 Å². The van der Waals surface area contributed by atoms with Gasteiger partial charge in [0, 0.05) is 6.54 Å². The number of nitrogens with zero attached hydrogens (tertiary/aromatic N) is 1. The Morgan fingerprint density at radius 1 is 1.13 bits per heavy atom. The van der Waals surface area contributed by atoms with Gasteiger partial charge in [-0.05, 0) is 25.6 Å². The Morgan fingerprint density at radius 3 is 2.13 bits per heavy atom. The summed E-state index contributed by atoms with van der Waals surface area (Å²) in [6.45, 7) is 9.45. The SMILES string of the molecule is CCN(CC)CC(C)(N)c1ccccc1. The number of hydrogen-bond donors (Lipinski definition) is 1. The van der Waals surface area contributed by atoms with Gasteiger partial charge in [-0.1, -0.05) is 44.2 Å². The van der Waals surface area contributed by atoms with Crippen LogP contribution in [-0.4, -0.2) is 24.5 Å². The van der Waals surface area contributed by atoms with Crippen molar-refractivity contribution in [3.63, 3.8) is 0 Å². The minimum absolute atomic E-state index is 0.257. The zero-order chi connectivity index (χ0) is 11.3. The highest BCUT2D eigenvalue weighted by atomic mass is 15.1. The van der Waals surface area contributed by atoms with Gasteiger partial charge in [-0.2, -0.15) is 0 Å². The van der Waals surface area contributed by atoms with Crippen molar-refractivity contribution in [1.29, 1.82) is 0 Å². The third-order valence-electron chi connectivity index (χ3n) is 2.88. The van der Waals surface area contributed by atoms with E-state index in [9.17, 15) is 0 Å². The molecule has 0 aliphatic carbocycles. The minimum Gasteiger partial charge on any atom is -0.321 e. The molecule has 0 aliphatic rings. The molecule has 0 amide bonds. The summed E-state index contributed by atoms with van der Waals surface area (Å²) >= 11 is 0. The van der Waals surface area contributed by atoms with Crippen molar-refractivity contribution in [1.82, 2.24) is 4.90 Å². The fourth-order valence-electron chi connectivity index (χ4n) is 1.82. The second-order valence-electron chi connectivity index (χ2n) is 4.24. The van der Waals surface area contributed by atoms with Crippen molar-refractivity contribution >= 4 is 0 Å². The highest BCUT2D eigenvalue weighted by Gasteiger charge is 2.22. The molecule has 0 fully saturated rings. The molecule has 1 unspecified atom stereocenters. The van der Waals surface area contributed by atoms with Gasteiger partial charge in [0.15, 0.2) is 0 Å². The van der Waals surface area contributed by atoms with Crippen LogP contribution in [0.1, 0.15) is 26.3 Å². The quantitative estimate of drug-likeness (QED) is 0.800. The summed E-state index contributed by atoms with van der Waals surface area (Å²) in [6.07, 6.45) is 0. The number of benzene rings is 1. The van der Waals surface area contributed by atoms with Gasteiger partial charge in [0.2, 0.25) is 0 Å². The molecule has 0 heterocycles. The van der Waals surface area contributed by atoms with E-state index < -0.39 is 0 Å². The molecule has 0 aromatic heterocycles. The molecule has 2 N–H and O–H groups in total. The van der Waals surface area contributed by atoms with Crippen molar-refractivity contribution in [2.75, 3.05) is 19.6 Å². The van der Waals surface area contributed by atoms with Gasteiger partial charge in [0.25, 0.3) is 0 Å². The molecule has 0 bridgehead atoms. The Kier molecular flexibility index (Phi) is 4.30. The molecule has 0 saturated heterocycles. The summed E-state index contributed by atoms with van der Waals surface area (Å²) in [5.41, 5.74) is 7.30. The zero-order valence-electron chi connectivity index (χ0n) is 10.0. The standard InChI is InChI=1S/C13H22N2/c1-4-15(5-2)11-13(3,14)12-9-7-6-8-10-12/h6-10H,4-5,11,14H2,1-3H3. The van der Waals surface area contributed by atoms with Crippen LogP contribution in [0.5, 0.6) is 0 Å². The molecular weight excluding hydrogens is 184 g/mol. The molecule has 0 spiro atoms. The first-order chi connectivity index (χ1) is 7.10. The molecule has 15 heavy (non-hydrogen) atoms. The Balaban J connectivity index is 2.74. The van der Waals surface area contributed by atoms with Gasteiger partial charge in [0.05, 0.1) is 5.54 Å². The van der Waals surface area contributed by atoms with Crippen LogP contribution in [0.4, 0.5) is 0 Å². The lowest BCUT2D eigenvalue weighted by Crippen LogP contribution is -2.45. The molecule has 1 aromatic carbocycles. The predicted octanol–water partition coefficient (Wildman–Crippen LogP) is 2.20. The first-order valence-electron chi connectivity index (χ1n) is 5.67. The first-order valence-corrected chi connectivity index (χ1v) is 5.67. The van der Waals surface area contributed by atoms with Crippen LogP contribution in [0.3, 0.4) is 0 Å². The normalized spacial score (nSPS) is 15.3. The van der Waals surface area contributed by atoms with E-state index in [4.69, 9.17) is 5.73 Å². The highest BCUT2D eigenvalue weighted by molar-refractivity contribution is 5.23. The Morgan fingerprint density at radius 2 is 1.67 bits per heavy atom. The third-order valence-corrected chi connectivity index (χ3v) is 2.88. The fourth-order valence-corrected chi connectivity index (χ4v) is 1.82. The zero-order valence-corrected chi connectivity index (χ0v) is 10.0. The molecule has 84 valence electrons. The average Bonchev–Trinajstić information content (AvgIpc) is 2.27. The monoisotopic (exact) mass is 206 g/mol. The number of nitrogens with two attached hydrogens (primary N) is 1. The van der Waals surface area contributed by atoms with Crippen molar-refractivity contribution in [3.8, 4) is 0 Å². The lowest BCUT2D eigenvalue weighted by molar-refractivity contribution is 0.237. The molecule has 0 aliphatic heterocycles.